The molecule has 1 aromatic heterocycles. The van der Waals surface area contributed by atoms with Gasteiger partial charge < -0.3 is 13.5 Å². The van der Waals surface area contributed by atoms with Crippen LogP contribution in [0.2, 0.25) is 0 Å². The van der Waals surface area contributed by atoms with E-state index in [2.05, 4.69) is 0 Å². The Bertz CT molecular complexity index is 1120. The molecular weight excluding hydrogens is 363 g/mol. The van der Waals surface area contributed by atoms with Gasteiger partial charge in [0.25, 0.3) is 0 Å². The third-order valence-electron chi connectivity index (χ3n) is 3.86. The van der Waals surface area contributed by atoms with E-state index in [9.17, 15) is 9.36 Å². The summed E-state index contributed by atoms with van der Waals surface area (Å²) in [7, 11) is -4.06. The normalized spacial score (nSPS) is 11.3. The molecule has 0 radical (unpaired) electrons. The Balaban J connectivity index is 1.86. The van der Waals surface area contributed by atoms with Crippen molar-refractivity contribution in [3.8, 4) is 11.5 Å². The minimum Gasteiger partial charge on any atom is -0.422 e. The molecule has 0 aliphatic carbocycles. The van der Waals surface area contributed by atoms with Gasteiger partial charge in [-0.1, -0.05) is 54.6 Å². The van der Waals surface area contributed by atoms with Crippen molar-refractivity contribution >= 4 is 23.9 Å². The molecule has 0 aliphatic heterocycles. The van der Waals surface area contributed by atoms with Gasteiger partial charge >= 0.3 is 13.2 Å². The molecule has 0 amide bonds. The highest BCUT2D eigenvalue weighted by atomic mass is 31.2. The Hall–Kier alpha value is -3.30. The summed E-state index contributed by atoms with van der Waals surface area (Å²) in [6, 6.07) is 25.6. The molecule has 0 saturated carbocycles. The average Bonchev–Trinajstić information content (AvgIpc) is 2.69. The van der Waals surface area contributed by atoms with Crippen LogP contribution in [0.1, 0.15) is 0 Å². The van der Waals surface area contributed by atoms with Gasteiger partial charge in [0, 0.05) is 5.39 Å². The van der Waals surface area contributed by atoms with Crippen LogP contribution in [0, 0.1) is 0 Å². The van der Waals surface area contributed by atoms with Gasteiger partial charge in [-0.25, -0.2) is 9.36 Å². The molecule has 0 unspecified atom stereocenters. The maximum Gasteiger partial charge on any atom is 0.470 e. The minimum absolute atomic E-state index is 0.158. The van der Waals surface area contributed by atoms with E-state index in [0.717, 1.165) is 0 Å². The Labute approximate surface area is 155 Å². The second-order valence-corrected chi connectivity index (χ2v) is 7.60. The van der Waals surface area contributed by atoms with Crippen LogP contribution < -0.4 is 20.0 Å². The number of benzene rings is 3. The van der Waals surface area contributed by atoms with Crippen molar-refractivity contribution in [3.63, 3.8) is 0 Å². The standard InChI is InChI=1S/C21H15O5P/c22-21-20(15-16-9-7-8-14-19(16)24-21)27(23,25-17-10-3-1-4-11-17)26-18-12-5-2-6-13-18/h1-15H. The van der Waals surface area contributed by atoms with Crippen molar-refractivity contribution in [3.05, 3.63) is 101 Å². The van der Waals surface area contributed by atoms with Gasteiger partial charge in [-0.15, -0.1) is 0 Å². The van der Waals surface area contributed by atoms with Crippen LogP contribution in [-0.4, -0.2) is 0 Å². The number of hydrogen-bond acceptors (Lipinski definition) is 5. The summed E-state index contributed by atoms with van der Waals surface area (Å²) >= 11 is 0. The molecule has 5 nitrogen and oxygen atoms in total. The van der Waals surface area contributed by atoms with Crippen molar-refractivity contribution in [1.82, 2.24) is 0 Å². The van der Waals surface area contributed by atoms with Crippen LogP contribution in [-0.2, 0) is 4.57 Å². The summed E-state index contributed by atoms with van der Waals surface area (Å²) < 4.78 is 30.4. The lowest BCUT2D eigenvalue weighted by Gasteiger charge is -2.19. The molecule has 0 bridgehead atoms. The fourth-order valence-electron chi connectivity index (χ4n) is 2.60. The summed E-state index contributed by atoms with van der Waals surface area (Å²) in [5, 5.41) is 0.467. The predicted molar refractivity (Wildman–Crippen MR) is 104 cm³/mol. The highest BCUT2D eigenvalue weighted by Gasteiger charge is 2.36. The van der Waals surface area contributed by atoms with E-state index in [0.29, 0.717) is 22.5 Å². The lowest BCUT2D eigenvalue weighted by molar-refractivity contribution is 0.397. The van der Waals surface area contributed by atoms with E-state index in [1.165, 1.54) is 6.07 Å². The highest BCUT2D eigenvalue weighted by molar-refractivity contribution is 7.63. The monoisotopic (exact) mass is 378 g/mol. The zero-order chi connectivity index (χ0) is 18.7. The summed E-state index contributed by atoms with van der Waals surface area (Å²) in [6.45, 7) is 0. The molecule has 4 aromatic rings. The van der Waals surface area contributed by atoms with E-state index in [1.807, 2.05) is 0 Å². The average molecular weight is 378 g/mol. The molecule has 0 fully saturated rings. The third-order valence-corrected chi connectivity index (χ3v) is 5.66. The molecule has 1 heterocycles. The van der Waals surface area contributed by atoms with Crippen LogP contribution in [0.15, 0.2) is 100 Å². The maximum atomic E-state index is 13.7. The van der Waals surface area contributed by atoms with Gasteiger partial charge in [-0.2, -0.15) is 0 Å². The fourth-order valence-corrected chi connectivity index (χ4v) is 4.20. The molecule has 0 spiro atoms. The van der Waals surface area contributed by atoms with Gasteiger partial charge in [0.2, 0.25) is 0 Å². The van der Waals surface area contributed by atoms with Crippen LogP contribution in [0.25, 0.3) is 11.0 Å². The lowest BCUT2D eigenvalue weighted by Crippen LogP contribution is -2.28. The molecule has 0 aliphatic rings. The van der Waals surface area contributed by atoms with Crippen molar-refractivity contribution in [2.45, 2.75) is 0 Å². The summed E-state index contributed by atoms with van der Waals surface area (Å²) in [4.78, 5) is 12.6. The molecule has 0 saturated heterocycles. The summed E-state index contributed by atoms with van der Waals surface area (Å²) in [6.07, 6.45) is 0. The summed E-state index contributed by atoms with van der Waals surface area (Å²) in [5.41, 5.74) is -0.360. The predicted octanol–water partition coefficient (Wildman–Crippen LogP) is 4.77. The van der Waals surface area contributed by atoms with Crippen LogP contribution in [0.3, 0.4) is 0 Å². The number of rotatable bonds is 5. The zero-order valence-corrected chi connectivity index (χ0v) is 15.0. The van der Waals surface area contributed by atoms with Gasteiger partial charge in [0.1, 0.15) is 17.1 Å². The Kier molecular flexibility index (Phi) is 4.53. The van der Waals surface area contributed by atoms with Gasteiger partial charge in [0.15, 0.2) is 5.30 Å². The van der Waals surface area contributed by atoms with E-state index < -0.39 is 13.2 Å². The Morgan fingerprint density at radius 3 is 1.81 bits per heavy atom. The summed E-state index contributed by atoms with van der Waals surface area (Å²) in [5.74, 6) is 0.647. The number of fused-ring (bicyclic) bond motifs is 1. The second kappa shape index (κ2) is 7.14. The number of para-hydroxylation sites is 3. The SMILES string of the molecule is O=c1oc2ccccc2cc1P(=O)(Oc1ccccc1)Oc1ccccc1. The van der Waals surface area contributed by atoms with Crippen molar-refractivity contribution in [2.75, 3.05) is 0 Å². The second-order valence-electron chi connectivity index (χ2n) is 5.76. The fraction of sp³-hybridized carbons (Fsp3) is 0. The van der Waals surface area contributed by atoms with Crippen LogP contribution in [0.5, 0.6) is 11.5 Å². The number of hydrogen-bond donors (Lipinski definition) is 0. The van der Waals surface area contributed by atoms with Gasteiger partial charge in [-0.05, 0) is 36.4 Å². The third kappa shape index (κ3) is 3.64. The first kappa shape index (κ1) is 17.1. The Morgan fingerprint density at radius 2 is 1.22 bits per heavy atom. The van der Waals surface area contributed by atoms with Crippen LogP contribution in [0.4, 0.5) is 0 Å². The van der Waals surface area contributed by atoms with E-state index in [-0.39, 0.29) is 5.30 Å². The minimum atomic E-state index is -4.06. The van der Waals surface area contributed by atoms with Gasteiger partial charge in [0.05, 0.1) is 0 Å². The molecule has 6 heteroatoms. The van der Waals surface area contributed by atoms with Crippen molar-refractivity contribution in [2.24, 2.45) is 0 Å². The first-order chi connectivity index (χ1) is 13.1. The van der Waals surface area contributed by atoms with Crippen molar-refractivity contribution < 1.29 is 18.0 Å². The highest BCUT2D eigenvalue weighted by Crippen LogP contribution is 2.47. The molecule has 134 valence electrons. The molecule has 0 N–H and O–H groups in total. The lowest BCUT2D eigenvalue weighted by atomic mass is 10.2. The van der Waals surface area contributed by atoms with E-state index in [1.54, 1.807) is 84.9 Å². The quantitative estimate of drug-likeness (QED) is 0.370. The van der Waals surface area contributed by atoms with Gasteiger partial charge in [-0.3, -0.25) is 0 Å². The largest absolute Gasteiger partial charge is 0.470 e. The Morgan fingerprint density at radius 1 is 0.704 bits per heavy atom. The molecule has 3 aromatic carbocycles. The molecule has 0 atom stereocenters. The maximum absolute atomic E-state index is 13.7. The smallest absolute Gasteiger partial charge is 0.422 e. The topological polar surface area (TPSA) is 65.7 Å². The zero-order valence-electron chi connectivity index (χ0n) is 14.1. The van der Waals surface area contributed by atoms with E-state index >= 15 is 0 Å². The molecule has 27 heavy (non-hydrogen) atoms. The van der Waals surface area contributed by atoms with Crippen molar-refractivity contribution in [1.29, 1.82) is 0 Å². The van der Waals surface area contributed by atoms with E-state index in [4.69, 9.17) is 13.5 Å². The molecule has 4 rings (SSSR count). The first-order valence-electron chi connectivity index (χ1n) is 8.27. The van der Waals surface area contributed by atoms with Crippen LogP contribution >= 0.6 is 7.60 Å². The molecular formula is C21H15O5P. The first-order valence-corrected chi connectivity index (χ1v) is 9.81.